The molecule has 0 unspecified atom stereocenters. The van der Waals surface area contributed by atoms with E-state index < -0.39 is 5.24 Å². The largest absolute Gasteiger partial charge is 0.379 e. The first-order chi connectivity index (χ1) is 12.1. The van der Waals surface area contributed by atoms with Crippen LogP contribution in [-0.4, -0.2) is 68.1 Å². The number of nitrogens with zero attached hydrogens (tertiary/aromatic N) is 1. The topological polar surface area (TPSA) is 82.1 Å². The number of amides is 2. The summed E-state index contributed by atoms with van der Waals surface area (Å²) in [6.07, 6.45) is 0.183. The number of rotatable bonds is 12. The number of fused-ring (bicyclic) bond motifs is 1. The molecule has 0 aromatic heterocycles. The van der Waals surface area contributed by atoms with Gasteiger partial charge in [0.2, 0.25) is 5.24 Å². The SMILES string of the molecule is O=C(Cl)CCOCCOCCOCCN1C(=O)c2ccccc2C1=O. The van der Waals surface area contributed by atoms with Gasteiger partial charge in [-0.3, -0.25) is 19.3 Å². The monoisotopic (exact) mass is 369 g/mol. The standard InChI is InChI=1S/C17H20ClNO6/c18-15(20)5-7-23-9-11-25-12-10-24-8-6-19-16(21)13-3-1-2-4-14(13)17(19)22/h1-4H,5-12H2. The fourth-order valence-corrected chi connectivity index (χ4v) is 2.37. The van der Waals surface area contributed by atoms with Crippen LogP contribution >= 0.6 is 11.6 Å². The lowest BCUT2D eigenvalue weighted by atomic mass is 10.1. The van der Waals surface area contributed by atoms with Gasteiger partial charge in [-0.05, 0) is 23.7 Å². The van der Waals surface area contributed by atoms with Crippen molar-refractivity contribution in [2.75, 3.05) is 46.2 Å². The Morgan fingerprint density at radius 1 is 0.840 bits per heavy atom. The lowest BCUT2D eigenvalue weighted by Crippen LogP contribution is -2.33. The maximum Gasteiger partial charge on any atom is 0.261 e. The summed E-state index contributed by atoms with van der Waals surface area (Å²) in [6, 6.07) is 6.77. The number of halogens is 1. The van der Waals surface area contributed by atoms with Gasteiger partial charge in [0.25, 0.3) is 11.8 Å². The molecule has 0 saturated heterocycles. The van der Waals surface area contributed by atoms with Gasteiger partial charge in [-0.25, -0.2) is 0 Å². The smallest absolute Gasteiger partial charge is 0.261 e. The second kappa shape index (κ2) is 10.2. The molecular weight excluding hydrogens is 350 g/mol. The zero-order valence-electron chi connectivity index (χ0n) is 13.7. The van der Waals surface area contributed by atoms with E-state index in [1.807, 2.05) is 0 Å². The Kier molecular flexibility index (Phi) is 8.00. The maximum atomic E-state index is 12.1. The van der Waals surface area contributed by atoms with Crippen LogP contribution in [0.3, 0.4) is 0 Å². The summed E-state index contributed by atoms with van der Waals surface area (Å²) >= 11 is 5.17. The molecule has 2 rings (SSSR count). The van der Waals surface area contributed by atoms with Crippen LogP contribution in [0, 0.1) is 0 Å². The Morgan fingerprint density at radius 2 is 1.32 bits per heavy atom. The zero-order valence-corrected chi connectivity index (χ0v) is 14.5. The van der Waals surface area contributed by atoms with Gasteiger partial charge in [0.15, 0.2) is 0 Å². The fourth-order valence-electron chi connectivity index (χ4n) is 2.29. The molecule has 8 heteroatoms. The second-order valence-corrected chi connectivity index (χ2v) is 5.67. The lowest BCUT2D eigenvalue weighted by molar-refractivity contribution is -0.112. The summed E-state index contributed by atoms with van der Waals surface area (Å²) < 4.78 is 15.8. The molecule has 25 heavy (non-hydrogen) atoms. The van der Waals surface area contributed by atoms with Gasteiger partial charge in [-0.1, -0.05) is 12.1 Å². The summed E-state index contributed by atoms with van der Waals surface area (Å²) in [5.74, 6) is -0.568. The number of imide groups is 1. The highest BCUT2D eigenvalue weighted by Crippen LogP contribution is 2.21. The minimum Gasteiger partial charge on any atom is -0.379 e. The molecule has 0 fully saturated rings. The van der Waals surface area contributed by atoms with Gasteiger partial charge in [0, 0.05) is 6.42 Å². The lowest BCUT2D eigenvalue weighted by Gasteiger charge is -2.13. The Bertz CT molecular complexity index is 586. The number of hydrogen-bond acceptors (Lipinski definition) is 6. The second-order valence-electron chi connectivity index (χ2n) is 5.25. The molecule has 0 bridgehead atoms. The van der Waals surface area contributed by atoms with Crippen molar-refractivity contribution in [1.29, 1.82) is 0 Å². The fraction of sp³-hybridized carbons (Fsp3) is 0.471. The molecule has 1 heterocycles. The summed E-state index contributed by atoms with van der Waals surface area (Å²) in [4.78, 5) is 35.9. The molecule has 2 amide bonds. The van der Waals surface area contributed by atoms with E-state index >= 15 is 0 Å². The summed E-state index contributed by atoms with van der Waals surface area (Å²) in [5, 5.41) is -0.424. The Morgan fingerprint density at radius 3 is 1.84 bits per heavy atom. The highest BCUT2D eigenvalue weighted by atomic mass is 35.5. The number of benzene rings is 1. The molecule has 1 aliphatic rings. The molecule has 1 aromatic carbocycles. The van der Waals surface area contributed by atoms with Gasteiger partial charge in [-0.2, -0.15) is 0 Å². The quantitative estimate of drug-likeness (QED) is 0.315. The van der Waals surface area contributed by atoms with E-state index in [-0.39, 0.29) is 38.0 Å². The van der Waals surface area contributed by atoms with Crippen LogP contribution in [0.2, 0.25) is 0 Å². The molecule has 7 nitrogen and oxygen atoms in total. The van der Waals surface area contributed by atoms with Crippen molar-refractivity contribution >= 4 is 28.7 Å². The molecule has 0 spiro atoms. The Balaban J connectivity index is 1.51. The summed E-state index contributed by atoms with van der Waals surface area (Å²) in [7, 11) is 0. The van der Waals surface area contributed by atoms with Crippen LogP contribution in [0.4, 0.5) is 0 Å². The van der Waals surface area contributed by atoms with Gasteiger partial charge in [0.1, 0.15) is 0 Å². The normalized spacial score (nSPS) is 13.4. The van der Waals surface area contributed by atoms with Crippen LogP contribution in [0.25, 0.3) is 0 Å². The molecule has 1 aromatic rings. The predicted octanol–water partition coefficient (Wildman–Crippen LogP) is 1.49. The zero-order chi connectivity index (χ0) is 18.1. The third-order valence-corrected chi connectivity index (χ3v) is 3.71. The van der Waals surface area contributed by atoms with Crippen molar-refractivity contribution in [2.45, 2.75) is 6.42 Å². The minimum absolute atomic E-state index is 0.183. The van der Waals surface area contributed by atoms with Crippen molar-refractivity contribution in [3.8, 4) is 0 Å². The first-order valence-electron chi connectivity index (χ1n) is 7.98. The highest BCUT2D eigenvalue weighted by Gasteiger charge is 2.34. The Labute approximate surface area is 150 Å². The average molecular weight is 370 g/mol. The average Bonchev–Trinajstić information content (AvgIpc) is 2.84. The van der Waals surface area contributed by atoms with Crippen LogP contribution < -0.4 is 0 Å². The van der Waals surface area contributed by atoms with Crippen molar-refractivity contribution in [3.05, 3.63) is 35.4 Å². The molecule has 1 aliphatic heterocycles. The third-order valence-electron chi connectivity index (χ3n) is 3.52. The van der Waals surface area contributed by atoms with E-state index in [4.69, 9.17) is 25.8 Å². The first-order valence-corrected chi connectivity index (χ1v) is 8.36. The van der Waals surface area contributed by atoms with Gasteiger partial charge >= 0.3 is 0 Å². The maximum absolute atomic E-state index is 12.1. The molecule has 0 radical (unpaired) electrons. The number of hydrogen-bond donors (Lipinski definition) is 0. The van der Waals surface area contributed by atoms with Crippen LogP contribution in [0.1, 0.15) is 27.1 Å². The van der Waals surface area contributed by atoms with Gasteiger partial charge < -0.3 is 14.2 Å². The van der Waals surface area contributed by atoms with Crippen LogP contribution in [0.5, 0.6) is 0 Å². The molecule has 0 saturated carbocycles. The third kappa shape index (κ3) is 5.89. The van der Waals surface area contributed by atoms with Crippen molar-refractivity contribution in [3.63, 3.8) is 0 Å². The summed E-state index contributed by atoms with van der Waals surface area (Å²) in [5.41, 5.74) is 0.874. The molecular formula is C17H20ClNO6. The minimum atomic E-state index is -0.424. The van der Waals surface area contributed by atoms with E-state index in [0.717, 1.165) is 0 Å². The van der Waals surface area contributed by atoms with E-state index in [0.29, 0.717) is 37.6 Å². The number of ether oxygens (including phenoxy) is 3. The number of carbonyl (C=O) groups is 3. The summed E-state index contributed by atoms with van der Waals surface area (Å²) in [6.45, 7) is 2.23. The van der Waals surface area contributed by atoms with E-state index in [1.54, 1.807) is 24.3 Å². The van der Waals surface area contributed by atoms with Crippen molar-refractivity contribution < 1.29 is 28.6 Å². The Hall–Kier alpha value is -1.80. The van der Waals surface area contributed by atoms with E-state index in [1.165, 1.54) is 4.90 Å². The van der Waals surface area contributed by atoms with E-state index in [9.17, 15) is 14.4 Å². The number of carbonyl (C=O) groups excluding carboxylic acids is 3. The van der Waals surface area contributed by atoms with Crippen LogP contribution in [-0.2, 0) is 19.0 Å². The van der Waals surface area contributed by atoms with Crippen LogP contribution in [0.15, 0.2) is 24.3 Å². The van der Waals surface area contributed by atoms with Crippen molar-refractivity contribution in [2.24, 2.45) is 0 Å². The van der Waals surface area contributed by atoms with Gasteiger partial charge in [-0.15, -0.1) is 0 Å². The van der Waals surface area contributed by atoms with E-state index in [2.05, 4.69) is 0 Å². The first kappa shape index (κ1) is 19.5. The van der Waals surface area contributed by atoms with Crippen molar-refractivity contribution in [1.82, 2.24) is 4.90 Å². The molecule has 136 valence electrons. The molecule has 0 aliphatic carbocycles. The molecule has 0 atom stereocenters. The molecule has 0 N–H and O–H groups in total. The predicted molar refractivity (Wildman–Crippen MR) is 89.7 cm³/mol. The highest BCUT2D eigenvalue weighted by molar-refractivity contribution is 6.63. The van der Waals surface area contributed by atoms with Gasteiger partial charge in [0.05, 0.1) is 57.3 Å².